The second-order valence-corrected chi connectivity index (χ2v) is 5.46. The molecule has 0 bridgehead atoms. The zero-order chi connectivity index (χ0) is 14.2. The lowest BCUT2D eigenvalue weighted by Crippen LogP contribution is -2.31. The molecular weight excluding hydrogens is 248 g/mol. The average molecular weight is 276 g/mol. The van der Waals surface area contributed by atoms with Crippen molar-refractivity contribution >= 4 is 5.69 Å². The maximum Gasteiger partial charge on any atom is 0.0699 e. The summed E-state index contributed by atoms with van der Waals surface area (Å²) in [4.78, 5) is 2.37. The maximum atomic E-state index is 5.73. The Morgan fingerprint density at radius 1 is 1.15 bits per heavy atom. The SMILES string of the molecule is CCN(CC)c1ccc(CNCC2CCCCO2)cc1. The van der Waals surface area contributed by atoms with Gasteiger partial charge in [0.05, 0.1) is 6.10 Å². The van der Waals surface area contributed by atoms with Crippen molar-refractivity contribution in [1.29, 1.82) is 0 Å². The molecule has 20 heavy (non-hydrogen) atoms. The highest BCUT2D eigenvalue weighted by Crippen LogP contribution is 2.15. The molecule has 1 saturated heterocycles. The summed E-state index contributed by atoms with van der Waals surface area (Å²) in [7, 11) is 0. The molecule has 0 aliphatic carbocycles. The van der Waals surface area contributed by atoms with Crippen LogP contribution >= 0.6 is 0 Å². The van der Waals surface area contributed by atoms with Crippen LogP contribution < -0.4 is 10.2 Å². The summed E-state index contributed by atoms with van der Waals surface area (Å²) >= 11 is 0. The number of benzene rings is 1. The van der Waals surface area contributed by atoms with Crippen LogP contribution in [-0.2, 0) is 11.3 Å². The third-order valence-corrected chi connectivity index (χ3v) is 4.04. The van der Waals surface area contributed by atoms with Gasteiger partial charge in [0.1, 0.15) is 0 Å². The molecule has 1 heterocycles. The van der Waals surface area contributed by atoms with Crippen LogP contribution in [0.15, 0.2) is 24.3 Å². The van der Waals surface area contributed by atoms with Crippen LogP contribution in [0.3, 0.4) is 0 Å². The molecule has 2 rings (SSSR count). The summed E-state index contributed by atoms with van der Waals surface area (Å²) < 4.78 is 5.73. The fraction of sp³-hybridized carbons (Fsp3) is 0.647. The molecule has 112 valence electrons. The van der Waals surface area contributed by atoms with Gasteiger partial charge in [0, 0.05) is 38.5 Å². The molecule has 0 amide bonds. The summed E-state index contributed by atoms with van der Waals surface area (Å²) in [6.07, 6.45) is 4.15. The summed E-state index contributed by atoms with van der Waals surface area (Å²) in [5.74, 6) is 0. The van der Waals surface area contributed by atoms with E-state index in [1.807, 2.05) is 0 Å². The predicted octanol–water partition coefficient (Wildman–Crippen LogP) is 3.19. The molecular formula is C17H28N2O. The Balaban J connectivity index is 1.75. The van der Waals surface area contributed by atoms with E-state index in [1.165, 1.54) is 30.5 Å². The minimum atomic E-state index is 0.415. The van der Waals surface area contributed by atoms with Crippen molar-refractivity contribution in [2.45, 2.75) is 45.8 Å². The minimum absolute atomic E-state index is 0.415. The molecule has 0 aromatic heterocycles. The number of ether oxygens (including phenoxy) is 1. The van der Waals surface area contributed by atoms with Gasteiger partial charge < -0.3 is 15.0 Å². The van der Waals surface area contributed by atoms with Gasteiger partial charge in [-0.15, -0.1) is 0 Å². The first kappa shape index (κ1) is 15.3. The van der Waals surface area contributed by atoms with Gasteiger partial charge in [0.25, 0.3) is 0 Å². The molecule has 1 fully saturated rings. The van der Waals surface area contributed by atoms with Crippen LogP contribution in [0.4, 0.5) is 5.69 Å². The van der Waals surface area contributed by atoms with Crippen molar-refractivity contribution in [3.63, 3.8) is 0 Å². The van der Waals surface area contributed by atoms with E-state index in [0.29, 0.717) is 6.10 Å². The van der Waals surface area contributed by atoms with E-state index in [1.54, 1.807) is 0 Å². The Morgan fingerprint density at radius 2 is 1.90 bits per heavy atom. The maximum absolute atomic E-state index is 5.73. The van der Waals surface area contributed by atoms with E-state index < -0.39 is 0 Å². The van der Waals surface area contributed by atoms with Gasteiger partial charge in [0.15, 0.2) is 0 Å². The lowest BCUT2D eigenvalue weighted by Gasteiger charge is -2.23. The van der Waals surface area contributed by atoms with Crippen molar-refractivity contribution < 1.29 is 4.74 Å². The lowest BCUT2D eigenvalue weighted by atomic mass is 10.1. The summed E-state index contributed by atoms with van der Waals surface area (Å²) in [5, 5.41) is 3.51. The van der Waals surface area contributed by atoms with E-state index in [2.05, 4.69) is 48.3 Å². The van der Waals surface area contributed by atoms with Crippen molar-refractivity contribution in [3.8, 4) is 0 Å². The normalized spacial score (nSPS) is 19.0. The molecule has 0 saturated carbocycles. The number of rotatable bonds is 7. The first-order chi connectivity index (χ1) is 9.83. The van der Waals surface area contributed by atoms with E-state index in [4.69, 9.17) is 4.74 Å². The highest BCUT2D eigenvalue weighted by Gasteiger charge is 2.12. The number of hydrogen-bond donors (Lipinski definition) is 1. The number of nitrogens with zero attached hydrogens (tertiary/aromatic N) is 1. The van der Waals surface area contributed by atoms with Gasteiger partial charge >= 0.3 is 0 Å². The second-order valence-electron chi connectivity index (χ2n) is 5.46. The van der Waals surface area contributed by atoms with E-state index in [0.717, 1.165) is 32.8 Å². The number of nitrogens with one attached hydrogen (secondary N) is 1. The monoisotopic (exact) mass is 276 g/mol. The van der Waals surface area contributed by atoms with Crippen LogP contribution in [0.25, 0.3) is 0 Å². The molecule has 3 nitrogen and oxygen atoms in total. The third-order valence-electron chi connectivity index (χ3n) is 4.04. The highest BCUT2D eigenvalue weighted by molar-refractivity contribution is 5.47. The summed E-state index contributed by atoms with van der Waals surface area (Å²) in [5.41, 5.74) is 2.66. The standard InChI is InChI=1S/C17H28N2O/c1-3-19(4-2)16-10-8-15(9-11-16)13-18-14-17-7-5-6-12-20-17/h8-11,17-18H,3-7,12-14H2,1-2H3. The Kier molecular flexibility index (Phi) is 6.34. The Bertz CT molecular complexity index is 367. The van der Waals surface area contributed by atoms with Crippen molar-refractivity contribution in [2.75, 3.05) is 31.1 Å². The third kappa shape index (κ3) is 4.50. The lowest BCUT2D eigenvalue weighted by molar-refractivity contribution is 0.0168. The number of anilines is 1. The van der Waals surface area contributed by atoms with Crippen molar-refractivity contribution in [1.82, 2.24) is 5.32 Å². The zero-order valence-corrected chi connectivity index (χ0v) is 12.9. The minimum Gasteiger partial charge on any atom is -0.377 e. The Morgan fingerprint density at radius 3 is 2.50 bits per heavy atom. The van der Waals surface area contributed by atoms with E-state index in [9.17, 15) is 0 Å². The van der Waals surface area contributed by atoms with Gasteiger partial charge in [-0.1, -0.05) is 12.1 Å². The van der Waals surface area contributed by atoms with Gasteiger partial charge in [-0.25, -0.2) is 0 Å². The average Bonchev–Trinajstić information content (AvgIpc) is 2.51. The molecule has 0 radical (unpaired) electrons. The molecule has 1 atom stereocenters. The fourth-order valence-electron chi connectivity index (χ4n) is 2.76. The number of hydrogen-bond acceptors (Lipinski definition) is 3. The molecule has 3 heteroatoms. The topological polar surface area (TPSA) is 24.5 Å². The first-order valence-electron chi connectivity index (χ1n) is 7.99. The smallest absolute Gasteiger partial charge is 0.0699 e. The van der Waals surface area contributed by atoms with Gasteiger partial charge in [-0.05, 0) is 50.8 Å². The molecule has 1 aromatic rings. The van der Waals surface area contributed by atoms with Crippen LogP contribution in [-0.4, -0.2) is 32.3 Å². The zero-order valence-electron chi connectivity index (χ0n) is 12.9. The molecule has 1 aliphatic heterocycles. The molecule has 0 spiro atoms. The van der Waals surface area contributed by atoms with Crippen molar-refractivity contribution in [3.05, 3.63) is 29.8 Å². The van der Waals surface area contributed by atoms with Crippen LogP contribution in [0.2, 0.25) is 0 Å². The van der Waals surface area contributed by atoms with Crippen LogP contribution in [0.1, 0.15) is 38.7 Å². The molecule has 1 N–H and O–H groups in total. The summed E-state index contributed by atoms with van der Waals surface area (Å²) in [6, 6.07) is 8.90. The Labute approximate surface area is 123 Å². The van der Waals surface area contributed by atoms with E-state index in [-0.39, 0.29) is 0 Å². The van der Waals surface area contributed by atoms with Crippen LogP contribution in [0, 0.1) is 0 Å². The molecule has 1 aromatic carbocycles. The first-order valence-corrected chi connectivity index (χ1v) is 7.99. The quantitative estimate of drug-likeness (QED) is 0.828. The Hall–Kier alpha value is -1.06. The molecule has 1 aliphatic rings. The predicted molar refractivity (Wildman–Crippen MR) is 85.3 cm³/mol. The van der Waals surface area contributed by atoms with Crippen molar-refractivity contribution in [2.24, 2.45) is 0 Å². The largest absolute Gasteiger partial charge is 0.377 e. The van der Waals surface area contributed by atoms with Gasteiger partial charge in [-0.3, -0.25) is 0 Å². The highest BCUT2D eigenvalue weighted by atomic mass is 16.5. The van der Waals surface area contributed by atoms with Crippen LogP contribution in [0.5, 0.6) is 0 Å². The molecule has 1 unspecified atom stereocenters. The second kappa shape index (κ2) is 8.28. The van der Waals surface area contributed by atoms with Gasteiger partial charge in [-0.2, -0.15) is 0 Å². The summed E-state index contributed by atoms with van der Waals surface area (Å²) in [6.45, 7) is 9.35. The van der Waals surface area contributed by atoms with E-state index >= 15 is 0 Å². The van der Waals surface area contributed by atoms with Gasteiger partial charge in [0.2, 0.25) is 0 Å². The fourth-order valence-corrected chi connectivity index (χ4v) is 2.76.